The molecule has 12 heavy (non-hydrogen) atoms. The molecule has 62 valence electrons. The van der Waals surface area contributed by atoms with E-state index < -0.39 is 4.22 Å². The van der Waals surface area contributed by atoms with Gasteiger partial charge in [-0.05, 0) is 5.56 Å². The average Bonchev–Trinajstić information content (AvgIpc) is 2.06. The van der Waals surface area contributed by atoms with Gasteiger partial charge in [0.25, 0.3) is 0 Å². The Bertz CT molecular complexity index is 286. The number of halogens is 1. The maximum atomic E-state index is 11.0. The second kappa shape index (κ2) is 3.31. The summed E-state index contributed by atoms with van der Waals surface area (Å²) in [6.07, 6.45) is 0. The van der Waals surface area contributed by atoms with Gasteiger partial charge in [-0.2, -0.15) is 0 Å². The van der Waals surface area contributed by atoms with Crippen LogP contribution in [0.5, 0.6) is 0 Å². The van der Waals surface area contributed by atoms with Crippen LogP contribution in [0.15, 0.2) is 30.3 Å². The lowest BCUT2D eigenvalue weighted by molar-refractivity contribution is -0.118. The number of carbonyl (C=O) groups is 1. The van der Waals surface area contributed by atoms with Crippen LogP contribution < -0.4 is 5.73 Å². The van der Waals surface area contributed by atoms with Gasteiger partial charge in [-0.1, -0.05) is 46.3 Å². The van der Waals surface area contributed by atoms with Gasteiger partial charge in [0.2, 0.25) is 5.91 Å². The summed E-state index contributed by atoms with van der Waals surface area (Å²) in [6.45, 7) is 0. The van der Waals surface area contributed by atoms with Crippen molar-refractivity contribution < 1.29 is 4.79 Å². The maximum Gasteiger partial charge on any atom is 0.230 e. The lowest BCUT2D eigenvalue weighted by Gasteiger charge is -2.18. The van der Waals surface area contributed by atoms with E-state index in [4.69, 9.17) is 5.73 Å². The van der Waals surface area contributed by atoms with E-state index in [0.29, 0.717) is 0 Å². The lowest BCUT2D eigenvalue weighted by atomic mass is 9.80. The van der Waals surface area contributed by atoms with Crippen molar-refractivity contribution in [3.63, 3.8) is 0 Å². The molecule has 1 atom stereocenters. The molecule has 0 fully saturated rings. The zero-order valence-corrected chi connectivity index (χ0v) is 8.34. The van der Waals surface area contributed by atoms with Crippen molar-refractivity contribution >= 4 is 29.7 Å². The molecular weight excluding hydrogens is 217 g/mol. The van der Waals surface area contributed by atoms with Gasteiger partial charge in [0, 0.05) is 0 Å². The Morgan fingerprint density at radius 3 is 2.33 bits per heavy atom. The second-order valence-electron chi connectivity index (χ2n) is 2.73. The van der Waals surface area contributed by atoms with Crippen LogP contribution in [0.25, 0.3) is 0 Å². The number of hydrogen-bond donors (Lipinski definition) is 1. The first-order valence-electron chi connectivity index (χ1n) is 3.59. The summed E-state index contributed by atoms with van der Waals surface area (Å²) in [5, 5.41) is 0. The van der Waals surface area contributed by atoms with Crippen molar-refractivity contribution in [2.45, 2.75) is 4.22 Å². The van der Waals surface area contributed by atoms with E-state index in [9.17, 15) is 4.79 Å². The fourth-order valence-electron chi connectivity index (χ4n) is 0.893. The Balaban J connectivity index is 3.06. The molecular formula is C8H9BBrNO. The third kappa shape index (κ3) is 1.69. The van der Waals surface area contributed by atoms with Gasteiger partial charge in [-0.25, -0.2) is 0 Å². The molecule has 1 aromatic rings. The highest BCUT2D eigenvalue weighted by molar-refractivity contribution is 9.10. The first-order chi connectivity index (χ1) is 5.55. The molecule has 0 aliphatic rings. The van der Waals surface area contributed by atoms with E-state index in [2.05, 4.69) is 15.9 Å². The molecule has 0 saturated carbocycles. The molecule has 2 nitrogen and oxygen atoms in total. The summed E-state index contributed by atoms with van der Waals surface area (Å²) in [5.41, 5.74) is 6.09. The van der Waals surface area contributed by atoms with Crippen LogP contribution in [-0.2, 0) is 9.02 Å². The average molecular weight is 226 g/mol. The predicted octanol–water partition coefficient (Wildman–Crippen LogP) is 0.353. The summed E-state index contributed by atoms with van der Waals surface area (Å²) in [7, 11) is 1.74. The van der Waals surface area contributed by atoms with Crippen molar-refractivity contribution in [2.75, 3.05) is 0 Å². The van der Waals surface area contributed by atoms with E-state index in [-0.39, 0.29) is 5.91 Å². The van der Waals surface area contributed by atoms with Gasteiger partial charge in [0.05, 0.1) is 4.22 Å². The number of hydrogen-bond acceptors (Lipinski definition) is 1. The molecule has 0 spiro atoms. The van der Waals surface area contributed by atoms with Crippen LogP contribution in [0.4, 0.5) is 0 Å². The molecule has 0 bridgehead atoms. The zero-order valence-electron chi connectivity index (χ0n) is 6.75. The van der Waals surface area contributed by atoms with Gasteiger partial charge in [-0.3, -0.25) is 4.79 Å². The fourth-order valence-corrected chi connectivity index (χ4v) is 1.16. The third-order valence-electron chi connectivity index (χ3n) is 1.78. The van der Waals surface area contributed by atoms with Crippen molar-refractivity contribution in [3.05, 3.63) is 35.9 Å². The summed E-state index contributed by atoms with van der Waals surface area (Å²) in [4.78, 5) is 11.0. The largest absolute Gasteiger partial charge is 0.369 e. The SMILES string of the molecule is BC(Br)(C(N)=O)c1ccccc1. The molecule has 0 aliphatic heterocycles. The number of primary amides is 1. The van der Waals surface area contributed by atoms with Gasteiger partial charge >= 0.3 is 0 Å². The Kier molecular flexibility index (Phi) is 2.57. The van der Waals surface area contributed by atoms with E-state index >= 15 is 0 Å². The molecule has 4 heteroatoms. The number of alkyl halides is 1. The van der Waals surface area contributed by atoms with E-state index in [1.54, 1.807) is 7.85 Å². The highest BCUT2D eigenvalue weighted by atomic mass is 79.9. The first-order valence-corrected chi connectivity index (χ1v) is 4.39. The molecule has 0 saturated heterocycles. The van der Waals surface area contributed by atoms with Crippen LogP contribution in [0, 0.1) is 0 Å². The molecule has 0 radical (unpaired) electrons. The highest BCUT2D eigenvalue weighted by Crippen LogP contribution is 2.26. The van der Waals surface area contributed by atoms with Gasteiger partial charge in [0.1, 0.15) is 7.85 Å². The first kappa shape index (κ1) is 9.32. The van der Waals surface area contributed by atoms with E-state index in [1.807, 2.05) is 30.3 Å². The molecule has 0 heterocycles. The third-order valence-corrected chi connectivity index (χ3v) is 2.63. The van der Waals surface area contributed by atoms with Crippen molar-refractivity contribution in [1.82, 2.24) is 0 Å². The number of benzene rings is 1. The summed E-state index contributed by atoms with van der Waals surface area (Å²) in [5.74, 6) is -0.381. The summed E-state index contributed by atoms with van der Waals surface area (Å²) < 4.78 is -0.756. The standard InChI is InChI=1S/C8H9BBrNO/c9-8(10,7(11)12)6-4-2-1-3-5-6/h1-5H,9H2,(H2,11,12). The van der Waals surface area contributed by atoms with Gasteiger partial charge < -0.3 is 5.73 Å². The lowest BCUT2D eigenvalue weighted by Crippen LogP contribution is -2.35. The molecule has 0 aromatic heterocycles. The van der Waals surface area contributed by atoms with Crippen LogP contribution in [0.3, 0.4) is 0 Å². The van der Waals surface area contributed by atoms with Crippen molar-refractivity contribution in [3.8, 4) is 0 Å². The van der Waals surface area contributed by atoms with E-state index in [1.165, 1.54) is 0 Å². The Hall–Kier alpha value is -0.765. The Morgan fingerprint density at radius 1 is 1.42 bits per heavy atom. The van der Waals surface area contributed by atoms with Crippen LogP contribution in [0.2, 0.25) is 0 Å². The topological polar surface area (TPSA) is 43.1 Å². The number of amides is 1. The minimum absolute atomic E-state index is 0.381. The van der Waals surface area contributed by atoms with Gasteiger partial charge in [0.15, 0.2) is 0 Å². The molecule has 1 amide bonds. The molecule has 1 unspecified atom stereocenters. The number of carbonyl (C=O) groups excluding carboxylic acids is 1. The molecule has 0 aliphatic carbocycles. The maximum absolute atomic E-state index is 11.0. The zero-order chi connectivity index (χ0) is 9.19. The van der Waals surface area contributed by atoms with Crippen LogP contribution in [0.1, 0.15) is 5.56 Å². The molecule has 2 N–H and O–H groups in total. The fraction of sp³-hybridized carbons (Fsp3) is 0.125. The highest BCUT2D eigenvalue weighted by Gasteiger charge is 2.28. The van der Waals surface area contributed by atoms with Crippen LogP contribution in [-0.4, -0.2) is 13.8 Å². The number of nitrogens with two attached hydrogens (primary N) is 1. The molecule has 1 aromatic carbocycles. The minimum Gasteiger partial charge on any atom is -0.369 e. The summed E-state index contributed by atoms with van der Waals surface area (Å²) in [6, 6.07) is 9.36. The molecule has 1 rings (SSSR count). The smallest absolute Gasteiger partial charge is 0.230 e. The van der Waals surface area contributed by atoms with Gasteiger partial charge in [-0.15, -0.1) is 0 Å². The number of rotatable bonds is 2. The minimum atomic E-state index is -0.756. The second-order valence-corrected chi connectivity index (χ2v) is 4.32. The van der Waals surface area contributed by atoms with Crippen LogP contribution >= 0.6 is 15.9 Å². The normalized spacial score (nSPS) is 15.1. The Labute approximate surface area is 80.7 Å². The Morgan fingerprint density at radius 2 is 1.92 bits per heavy atom. The monoisotopic (exact) mass is 225 g/mol. The predicted molar refractivity (Wildman–Crippen MR) is 54.8 cm³/mol. The quantitative estimate of drug-likeness (QED) is 0.573. The van der Waals surface area contributed by atoms with E-state index in [0.717, 1.165) is 5.56 Å². The van der Waals surface area contributed by atoms with Crippen molar-refractivity contribution in [1.29, 1.82) is 0 Å². The summed E-state index contributed by atoms with van der Waals surface area (Å²) >= 11 is 3.28. The van der Waals surface area contributed by atoms with Crippen molar-refractivity contribution in [2.24, 2.45) is 5.73 Å².